The molecule has 0 aromatic rings. The van der Waals surface area contributed by atoms with Crippen LogP contribution in [0.2, 0.25) is 0 Å². The van der Waals surface area contributed by atoms with Crippen LogP contribution in [0.3, 0.4) is 0 Å². The zero-order chi connectivity index (χ0) is 13.0. The van der Waals surface area contributed by atoms with Gasteiger partial charge in [0.1, 0.15) is 0 Å². The van der Waals surface area contributed by atoms with Crippen molar-refractivity contribution in [3.63, 3.8) is 0 Å². The molecule has 0 saturated heterocycles. The standard InChI is InChI=1S/C7H5F6NO2/c1-2-16-5(15)14-3-4(6(8,9)10)7(11,12)13/h2H2,1H3. The van der Waals surface area contributed by atoms with Crippen LogP contribution < -0.4 is 0 Å². The highest BCUT2D eigenvalue weighted by Gasteiger charge is 2.51. The zero-order valence-electron chi connectivity index (χ0n) is 7.74. The molecule has 0 aliphatic heterocycles. The summed E-state index contributed by atoms with van der Waals surface area (Å²) in [5.74, 6) is 0.601. The van der Waals surface area contributed by atoms with E-state index in [-0.39, 0.29) is 6.61 Å². The molecule has 3 nitrogen and oxygen atoms in total. The Hall–Kier alpha value is -1.50. The number of carbonyl (C=O) groups excluding carboxylic acids is 1. The van der Waals surface area contributed by atoms with Gasteiger partial charge in [-0.2, -0.15) is 26.3 Å². The maximum atomic E-state index is 11.8. The summed E-state index contributed by atoms with van der Waals surface area (Å²) in [6.07, 6.45) is -12.9. The SMILES string of the molecule is CCOC(=O)N=C=C(C(F)(F)F)C(F)(F)F. The van der Waals surface area contributed by atoms with E-state index in [4.69, 9.17) is 0 Å². The number of carbonyl (C=O) groups is 1. The summed E-state index contributed by atoms with van der Waals surface area (Å²) >= 11 is 0. The molecule has 0 heterocycles. The quantitative estimate of drug-likeness (QED) is 0.529. The maximum Gasteiger partial charge on any atom is 0.441 e. The van der Waals surface area contributed by atoms with E-state index in [0.717, 1.165) is 0 Å². The Morgan fingerprint density at radius 3 is 1.94 bits per heavy atom. The monoisotopic (exact) mass is 249 g/mol. The Balaban J connectivity index is 5.22. The second-order valence-corrected chi connectivity index (χ2v) is 2.29. The lowest BCUT2D eigenvalue weighted by atomic mass is 10.3. The first kappa shape index (κ1) is 14.5. The van der Waals surface area contributed by atoms with Gasteiger partial charge in [0, 0.05) is 5.87 Å². The van der Waals surface area contributed by atoms with Crippen LogP contribution in [-0.4, -0.2) is 30.9 Å². The van der Waals surface area contributed by atoms with Gasteiger partial charge in [0.2, 0.25) is 0 Å². The molecular formula is C7H5F6NO2. The fourth-order valence-electron chi connectivity index (χ4n) is 0.545. The number of amides is 1. The van der Waals surface area contributed by atoms with E-state index >= 15 is 0 Å². The van der Waals surface area contributed by atoms with Crippen LogP contribution in [0.4, 0.5) is 31.1 Å². The molecule has 0 aromatic carbocycles. The molecule has 16 heavy (non-hydrogen) atoms. The lowest BCUT2D eigenvalue weighted by molar-refractivity contribution is -0.169. The minimum atomic E-state index is -5.69. The van der Waals surface area contributed by atoms with Gasteiger partial charge in [-0.05, 0) is 6.92 Å². The third-order valence-corrected chi connectivity index (χ3v) is 1.09. The van der Waals surface area contributed by atoms with Crippen LogP contribution in [0.15, 0.2) is 10.6 Å². The van der Waals surface area contributed by atoms with Crippen LogP contribution in [-0.2, 0) is 4.74 Å². The molecule has 0 aliphatic rings. The third-order valence-electron chi connectivity index (χ3n) is 1.09. The molecule has 1 amide bonds. The Kier molecular flexibility index (Phi) is 4.55. The highest BCUT2D eigenvalue weighted by molar-refractivity contribution is 5.79. The Labute approximate surface area is 85.4 Å². The van der Waals surface area contributed by atoms with Crippen molar-refractivity contribution >= 4 is 12.0 Å². The Bertz CT molecular complexity index is 307. The molecule has 9 heteroatoms. The summed E-state index contributed by atoms with van der Waals surface area (Å²) in [5, 5.41) is 0. The zero-order valence-corrected chi connectivity index (χ0v) is 7.74. The normalized spacial score (nSPS) is 11.7. The largest absolute Gasteiger partial charge is 0.448 e. The predicted octanol–water partition coefficient (Wildman–Crippen LogP) is 2.86. The average Bonchev–Trinajstić information content (AvgIpc) is 1.99. The third kappa shape index (κ3) is 4.83. The van der Waals surface area contributed by atoms with Crippen molar-refractivity contribution in [1.29, 1.82) is 0 Å². The molecule has 92 valence electrons. The molecule has 0 spiro atoms. The van der Waals surface area contributed by atoms with Gasteiger partial charge in [-0.3, -0.25) is 0 Å². The summed E-state index contributed by atoms with van der Waals surface area (Å²) in [5.41, 5.74) is -2.99. The molecule has 0 radical (unpaired) electrons. The van der Waals surface area contributed by atoms with Crippen LogP contribution >= 0.6 is 0 Å². The number of halogens is 6. The van der Waals surface area contributed by atoms with Crippen molar-refractivity contribution in [2.24, 2.45) is 4.99 Å². The number of nitrogens with zero attached hydrogens (tertiary/aromatic N) is 1. The van der Waals surface area contributed by atoms with Crippen LogP contribution in [0.5, 0.6) is 0 Å². The van der Waals surface area contributed by atoms with Gasteiger partial charge in [0.05, 0.1) is 6.61 Å². The number of hydrogen-bond acceptors (Lipinski definition) is 2. The maximum absolute atomic E-state index is 11.8. The molecule has 0 N–H and O–H groups in total. The van der Waals surface area contributed by atoms with Crippen LogP contribution in [0, 0.1) is 0 Å². The first-order valence-electron chi connectivity index (χ1n) is 3.74. The minimum absolute atomic E-state index is 0.225. The number of allylic oxidation sites excluding steroid dienone is 1. The van der Waals surface area contributed by atoms with E-state index in [1.807, 2.05) is 0 Å². The lowest BCUT2D eigenvalue weighted by Gasteiger charge is -2.11. The van der Waals surface area contributed by atoms with Crippen molar-refractivity contribution < 1.29 is 35.9 Å². The van der Waals surface area contributed by atoms with Crippen molar-refractivity contribution in [2.45, 2.75) is 19.3 Å². The minimum Gasteiger partial charge on any atom is -0.448 e. The smallest absolute Gasteiger partial charge is 0.441 e. The molecule has 0 atom stereocenters. The summed E-state index contributed by atoms with van der Waals surface area (Å²) in [4.78, 5) is 12.7. The molecular weight excluding hydrogens is 244 g/mol. The number of aliphatic imine (C=N–C) groups is 1. The molecule has 0 aliphatic carbocycles. The summed E-state index contributed by atoms with van der Waals surface area (Å²) in [7, 11) is 0. The summed E-state index contributed by atoms with van der Waals surface area (Å²) in [6.45, 7) is 1.09. The molecule has 0 unspecified atom stereocenters. The Morgan fingerprint density at radius 2 is 1.62 bits per heavy atom. The first-order chi connectivity index (χ1) is 7.09. The van der Waals surface area contributed by atoms with E-state index in [1.165, 1.54) is 6.92 Å². The van der Waals surface area contributed by atoms with Gasteiger partial charge < -0.3 is 4.74 Å². The van der Waals surface area contributed by atoms with E-state index < -0.39 is 24.0 Å². The fourth-order valence-corrected chi connectivity index (χ4v) is 0.545. The summed E-state index contributed by atoms with van der Waals surface area (Å²) < 4.78 is 74.9. The van der Waals surface area contributed by atoms with Gasteiger partial charge in [-0.25, -0.2) is 4.79 Å². The first-order valence-corrected chi connectivity index (χ1v) is 3.74. The van der Waals surface area contributed by atoms with Gasteiger partial charge in [0.25, 0.3) is 0 Å². The number of hydrogen-bond donors (Lipinski definition) is 0. The van der Waals surface area contributed by atoms with E-state index in [0.29, 0.717) is 5.87 Å². The molecule has 0 rings (SSSR count). The molecule has 0 saturated carbocycles. The van der Waals surface area contributed by atoms with Crippen molar-refractivity contribution in [3.8, 4) is 0 Å². The molecule has 0 bridgehead atoms. The van der Waals surface area contributed by atoms with E-state index in [1.54, 1.807) is 0 Å². The lowest BCUT2D eigenvalue weighted by Crippen LogP contribution is -2.26. The van der Waals surface area contributed by atoms with Crippen molar-refractivity contribution in [2.75, 3.05) is 6.61 Å². The average molecular weight is 249 g/mol. The van der Waals surface area contributed by atoms with Gasteiger partial charge in [-0.15, -0.1) is 4.99 Å². The van der Waals surface area contributed by atoms with Gasteiger partial charge >= 0.3 is 18.4 Å². The van der Waals surface area contributed by atoms with Crippen molar-refractivity contribution in [3.05, 3.63) is 5.57 Å². The fraction of sp³-hybridized carbons (Fsp3) is 0.571. The second kappa shape index (κ2) is 5.02. The number of alkyl halides is 6. The van der Waals surface area contributed by atoms with Crippen LogP contribution in [0.1, 0.15) is 6.92 Å². The second-order valence-electron chi connectivity index (χ2n) is 2.29. The topological polar surface area (TPSA) is 38.7 Å². The van der Waals surface area contributed by atoms with Gasteiger partial charge in [0.15, 0.2) is 5.57 Å². The van der Waals surface area contributed by atoms with Crippen LogP contribution in [0.25, 0.3) is 0 Å². The molecule has 0 fully saturated rings. The van der Waals surface area contributed by atoms with E-state index in [9.17, 15) is 31.1 Å². The highest BCUT2D eigenvalue weighted by Crippen LogP contribution is 2.36. The predicted molar refractivity (Wildman–Crippen MR) is 40.1 cm³/mol. The highest BCUT2D eigenvalue weighted by atomic mass is 19.4. The number of rotatable bonds is 1. The van der Waals surface area contributed by atoms with E-state index in [2.05, 4.69) is 9.73 Å². The number of ether oxygens (including phenoxy) is 1. The Morgan fingerprint density at radius 1 is 1.19 bits per heavy atom. The summed E-state index contributed by atoms with van der Waals surface area (Å²) in [6, 6.07) is 0. The van der Waals surface area contributed by atoms with Gasteiger partial charge in [-0.1, -0.05) is 0 Å². The molecule has 0 aromatic heterocycles. The van der Waals surface area contributed by atoms with Crippen molar-refractivity contribution in [1.82, 2.24) is 0 Å².